The van der Waals surface area contributed by atoms with Gasteiger partial charge in [0.2, 0.25) is 5.91 Å². The molecule has 126 valence electrons. The van der Waals surface area contributed by atoms with Gasteiger partial charge in [-0.1, -0.05) is 32.0 Å². The summed E-state index contributed by atoms with van der Waals surface area (Å²) in [6, 6.07) is 8.03. The monoisotopic (exact) mass is 329 g/mol. The molecular weight excluding hydrogens is 310 g/mol. The third kappa shape index (κ3) is 3.87. The summed E-state index contributed by atoms with van der Waals surface area (Å²) in [6.07, 6.45) is 2.61. The lowest BCUT2D eigenvalue weighted by molar-refractivity contribution is -0.385. The summed E-state index contributed by atoms with van der Waals surface area (Å²) in [5.74, 6) is -0.395. The minimum absolute atomic E-state index is 0.231. The second kappa shape index (κ2) is 7.54. The predicted molar refractivity (Wildman–Crippen MR) is 91.2 cm³/mol. The molecule has 24 heavy (non-hydrogen) atoms. The fourth-order valence-electron chi connectivity index (χ4n) is 2.49. The molecular formula is C17H19N3O4. The Balaban J connectivity index is 2.25. The third-order valence-electron chi connectivity index (χ3n) is 3.76. The lowest BCUT2D eigenvalue weighted by Crippen LogP contribution is -2.27. The Hall–Kier alpha value is -2.96. The molecule has 0 fully saturated rings. The molecule has 0 saturated carbocycles. The predicted octanol–water partition coefficient (Wildman–Crippen LogP) is 2.52. The van der Waals surface area contributed by atoms with Crippen molar-refractivity contribution in [2.45, 2.75) is 33.2 Å². The van der Waals surface area contributed by atoms with Crippen LogP contribution in [0.1, 0.15) is 25.0 Å². The van der Waals surface area contributed by atoms with E-state index in [1.807, 2.05) is 32.0 Å². The number of nitro groups is 1. The highest BCUT2D eigenvalue weighted by atomic mass is 16.6. The van der Waals surface area contributed by atoms with Gasteiger partial charge >= 0.3 is 0 Å². The average Bonchev–Trinajstić information content (AvgIpc) is 2.56. The van der Waals surface area contributed by atoms with Gasteiger partial charge in [-0.15, -0.1) is 0 Å². The maximum absolute atomic E-state index is 12.3. The molecule has 7 heteroatoms. The van der Waals surface area contributed by atoms with Crippen LogP contribution in [0.25, 0.3) is 0 Å². The summed E-state index contributed by atoms with van der Waals surface area (Å²) in [4.78, 5) is 34.3. The number of carbonyl (C=O) groups is 1. The first-order chi connectivity index (χ1) is 11.5. The van der Waals surface area contributed by atoms with Gasteiger partial charge in [0, 0.05) is 17.8 Å². The molecule has 2 aromatic rings. The Labute approximate surface area is 139 Å². The van der Waals surface area contributed by atoms with Crippen molar-refractivity contribution in [2.24, 2.45) is 0 Å². The van der Waals surface area contributed by atoms with Crippen molar-refractivity contribution in [1.29, 1.82) is 0 Å². The van der Waals surface area contributed by atoms with Crippen LogP contribution in [0.5, 0.6) is 0 Å². The number of hydrogen-bond donors (Lipinski definition) is 1. The van der Waals surface area contributed by atoms with Gasteiger partial charge in [-0.3, -0.25) is 24.3 Å². The number of amides is 1. The quantitative estimate of drug-likeness (QED) is 0.651. The van der Waals surface area contributed by atoms with Crippen LogP contribution in [0.15, 0.2) is 41.3 Å². The smallest absolute Gasteiger partial charge is 0.285 e. The van der Waals surface area contributed by atoms with Crippen molar-refractivity contribution in [3.8, 4) is 0 Å². The van der Waals surface area contributed by atoms with Gasteiger partial charge in [0.15, 0.2) is 0 Å². The van der Waals surface area contributed by atoms with Crippen molar-refractivity contribution < 1.29 is 9.72 Å². The molecule has 0 spiro atoms. The zero-order valence-corrected chi connectivity index (χ0v) is 13.6. The van der Waals surface area contributed by atoms with E-state index in [0.717, 1.165) is 52.6 Å². The zero-order chi connectivity index (χ0) is 17.7. The number of hydrogen-bond acceptors (Lipinski definition) is 4. The van der Waals surface area contributed by atoms with Crippen molar-refractivity contribution in [2.75, 3.05) is 5.32 Å². The van der Waals surface area contributed by atoms with Crippen molar-refractivity contribution in [3.63, 3.8) is 0 Å². The highest BCUT2D eigenvalue weighted by molar-refractivity contribution is 5.92. The molecule has 0 radical (unpaired) electrons. The standard InChI is InChI=1S/C17H19N3O4/c1-3-12-6-5-7-13(4-2)17(12)18-15(21)11-19-10-14(20(23)24)8-9-16(19)22/h5-10H,3-4,11H2,1-2H3,(H,18,21). The van der Waals surface area contributed by atoms with E-state index in [0.29, 0.717) is 0 Å². The lowest BCUT2D eigenvalue weighted by atomic mass is 10.0. The largest absolute Gasteiger partial charge is 0.324 e. The number of rotatable bonds is 6. The number of pyridine rings is 1. The number of nitrogens with one attached hydrogen (secondary N) is 1. The van der Waals surface area contributed by atoms with E-state index in [1.165, 1.54) is 0 Å². The Bertz CT molecular complexity index is 805. The van der Waals surface area contributed by atoms with Crippen LogP contribution < -0.4 is 10.9 Å². The Kier molecular flexibility index (Phi) is 5.47. The summed E-state index contributed by atoms with van der Waals surface area (Å²) >= 11 is 0. The molecule has 1 aromatic heterocycles. The molecule has 1 aromatic carbocycles. The summed E-state index contributed by atoms with van der Waals surface area (Å²) in [7, 11) is 0. The van der Waals surface area contributed by atoms with E-state index >= 15 is 0 Å². The van der Waals surface area contributed by atoms with Gasteiger partial charge in [-0.05, 0) is 24.0 Å². The maximum atomic E-state index is 12.3. The molecule has 1 heterocycles. The summed E-state index contributed by atoms with van der Waals surface area (Å²) in [6.45, 7) is 3.71. The highest BCUT2D eigenvalue weighted by Gasteiger charge is 2.13. The molecule has 0 atom stereocenters. The van der Waals surface area contributed by atoms with E-state index in [4.69, 9.17) is 0 Å². The van der Waals surface area contributed by atoms with Gasteiger partial charge in [0.05, 0.1) is 11.1 Å². The maximum Gasteiger partial charge on any atom is 0.285 e. The first-order valence-corrected chi connectivity index (χ1v) is 7.71. The summed E-state index contributed by atoms with van der Waals surface area (Å²) in [5, 5.41) is 13.6. The second-order valence-electron chi connectivity index (χ2n) is 5.32. The Morgan fingerprint density at radius 1 is 1.17 bits per heavy atom. The van der Waals surface area contributed by atoms with E-state index in [1.54, 1.807) is 0 Å². The topological polar surface area (TPSA) is 94.2 Å². The molecule has 1 amide bonds. The number of anilines is 1. The molecule has 2 rings (SSSR count). The molecule has 0 unspecified atom stereocenters. The fourth-order valence-corrected chi connectivity index (χ4v) is 2.49. The van der Waals surface area contributed by atoms with Gasteiger partial charge < -0.3 is 5.32 Å². The molecule has 0 saturated heterocycles. The molecule has 0 aliphatic rings. The van der Waals surface area contributed by atoms with Gasteiger partial charge in [-0.2, -0.15) is 0 Å². The summed E-state index contributed by atoms with van der Waals surface area (Å²) in [5.41, 5.74) is 2.08. The molecule has 7 nitrogen and oxygen atoms in total. The van der Waals surface area contributed by atoms with Crippen molar-refractivity contribution >= 4 is 17.3 Å². The molecule has 0 bridgehead atoms. The molecule has 0 aliphatic heterocycles. The van der Waals surface area contributed by atoms with Gasteiger partial charge in [0.25, 0.3) is 11.2 Å². The Morgan fingerprint density at radius 3 is 2.33 bits per heavy atom. The first kappa shape index (κ1) is 17.4. The minimum atomic E-state index is -0.602. The second-order valence-corrected chi connectivity index (χ2v) is 5.32. The lowest BCUT2D eigenvalue weighted by Gasteiger charge is -2.14. The van der Waals surface area contributed by atoms with Crippen LogP contribution in [0, 0.1) is 10.1 Å². The first-order valence-electron chi connectivity index (χ1n) is 7.71. The van der Waals surface area contributed by atoms with Gasteiger partial charge in [0.1, 0.15) is 6.54 Å². The van der Waals surface area contributed by atoms with E-state index in [9.17, 15) is 19.7 Å². The third-order valence-corrected chi connectivity index (χ3v) is 3.76. The van der Waals surface area contributed by atoms with Crippen LogP contribution >= 0.6 is 0 Å². The number of benzene rings is 1. The number of nitrogens with zero attached hydrogens (tertiary/aromatic N) is 2. The van der Waals surface area contributed by atoms with Crippen molar-refractivity contribution in [3.05, 3.63) is 68.1 Å². The van der Waals surface area contributed by atoms with E-state index in [-0.39, 0.29) is 12.2 Å². The minimum Gasteiger partial charge on any atom is -0.324 e. The summed E-state index contributed by atoms with van der Waals surface area (Å²) < 4.78 is 1.04. The number of para-hydroxylation sites is 1. The normalized spacial score (nSPS) is 10.4. The molecule has 0 aliphatic carbocycles. The Morgan fingerprint density at radius 2 is 1.79 bits per heavy atom. The van der Waals surface area contributed by atoms with Crippen LogP contribution in [-0.2, 0) is 24.2 Å². The number of aromatic nitrogens is 1. The zero-order valence-electron chi connectivity index (χ0n) is 13.6. The average molecular weight is 329 g/mol. The van der Waals surface area contributed by atoms with Crippen LogP contribution in [0.4, 0.5) is 11.4 Å². The fraction of sp³-hybridized carbons (Fsp3) is 0.294. The van der Waals surface area contributed by atoms with E-state index < -0.39 is 16.4 Å². The van der Waals surface area contributed by atoms with Crippen LogP contribution in [0.3, 0.4) is 0 Å². The van der Waals surface area contributed by atoms with Crippen LogP contribution in [-0.4, -0.2) is 15.4 Å². The van der Waals surface area contributed by atoms with Crippen LogP contribution in [0.2, 0.25) is 0 Å². The number of aryl methyl sites for hydroxylation is 2. The number of carbonyl (C=O) groups excluding carboxylic acids is 1. The SMILES string of the molecule is CCc1cccc(CC)c1NC(=O)Cn1cc([N+](=O)[O-])ccc1=O. The van der Waals surface area contributed by atoms with Gasteiger partial charge in [-0.25, -0.2) is 0 Å². The van der Waals surface area contributed by atoms with E-state index in [2.05, 4.69) is 5.32 Å². The van der Waals surface area contributed by atoms with Crippen molar-refractivity contribution in [1.82, 2.24) is 4.57 Å². The molecule has 1 N–H and O–H groups in total. The highest BCUT2D eigenvalue weighted by Crippen LogP contribution is 2.22.